The van der Waals surface area contributed by atoms with E-state index in [1.165, 1.54) is 4.70 Å². The van der Waals surface area contributed by atoms with Gasteiger partial charge < -0.3 is 9.47 Å². The molecule has 15 heavy (non-hydrogen) atoms. The summed E-state index contributed by atoms with van der Waals surface area (Å²) in [5.74, 6) is 0. The molecule has 0 saturated carbocycles. The van der Waals surface area contributed by atoms with E-state index in [0.29, 0.717) is 19.8 Å². The Morgan fingerprint density at radius 2 is 2.20 bits per heavy atom. The Bertz CT molecular complexity index is 429. The number of para-hydroxylation sites is 1. The number of rotatable bonds is 1. The molecule has 1 saturated heterocycles. The van der Waals surface area contributed by atoms with E-state index in [1.807, 2.05) is 18.2 Å². The zero-order chi connectivity index (χ0) is 10.1. The van der Waals surface area contributed by atoms with Gasteiger partial charge in [-0.3, -0.25) is 0 Å². The van der Waals surface area contributed by atoms with Gasteiger partial charge in [-0.05, 0) is 12.1 Å². The molecule has 1 atom stereocenters. The predicted octanol–water partition coefficient (Wildman–Crippen LogP) is 2.38. The lowest BCUT2D eigenvalue weighted by molar-refractivity contribution is -0.0901. The summed E-state index contributed by atoms with van der Waals surface area (Å²) in [5, 5.41) is 1.02. The number of hydrogen-bond acceptors (Lipinski definition) is 4. The minimum atomic E-state index is 0.0242. The van der Waals surface area contributed by atoms with Gasteiger partial charge in [-0.25, -0.2) is 4.98 Å². The molecule has 2 heterocycles. The Morgan fingerprint density at radius 3 is 3.00 bits per heavy atom. The smallest absolute Gasteiger partial charge is 0.132 e. The van der Waals surface area contributed by atoms with E-state index in [1.54, 1.807) is 11.3 Å². The molecule has 4 heteroatoms. The maximum atomic E-state index is 5.62. The van der Waals surface area contributed by atoms with Crippen LogP contribution in [0.25, 0.3) is 10.2 Å². The Hall–Kier alpha value is -0.970. The monoisotopic (exact) mass is 221 g/mol. The maximum absolute atomic E-state index is 5.62. The molecule has 1 aliphatic heterocycles. The average Bonchev–Trinajstić information content (AvgIpc) is 2.74. The molecule has 1 unspecified atom stereocenters. The fourth-order valence-electron chi connectivity index (χ4n) is 1.66. The molecule has 78 valence electrons. The summed E-state index contributed by atoms with van der Waals surface area (Å²) >= 11 is 1.69. The number of fused-ring (bicyclic) bond motifs is 1. The standard InChI is InChI=1S/C11H11NO2S/c1-2-4-10-8(3-1)12-11(15-10)9-7-13-5-6-14-9/h1-4,9H,5-7H2. The van der Waals surface area contributed by atoms with Crippen LogP contribution in [0.2, 0.25) is 0 Å². The van der Waals surface area contributed by atoms with Gasteiger partial charge in [0.2, 0.25) is 0 Å². The fraction of sp³-hybridized carbons (Fsp3) is 0.364. The van der Waals surface area contributed by atoms with Crippen molar-refractivity contribution >= 4 is 21.6 Å². The third kappa shape index (κ3) is 1.76. The highest BCUT2D eigenvalue weighted by molar-refractivity contribution is 7.18. The van der Waals surface area contributed by atoms with Crippen molar-refractivity contribution in [2.45, 2.75) is 6.10 Å². The third-order valence-electron chi connectivity index (χ3n) is 2.40. The van der Waals surface area contributed by atoms with Crippen LogP contribution in [0.15, 0.2) is 24.3 Å². The second kappa shape index (κ2) is 3.89. The van der Waals surface area contributed by atoms with E-state index < -0.39 is 0 Å². The summed E-state index contributed by atoms with van der Waals surface area (Å²) < 4.78 is 12.2. The lowest BCUT2D eigenvalue weighted by atomic mass is 10.3. The highest BCUT2D eigenvalue weighted by Gasteiger charge is 2.20. The zero-order valence-corrected chi connectivity index (χ0v) is 9.00. The molecule has 0 radical (unpaired) electrons. The van der Waals surface area contributed by atoms with Crippen LogP contribution in [0.5, 0.6) is 0 Å². The van der Waals surface area contributed by atoms with Gasteiger partial charge in [-0.2, -0.15) is 0 Å². The van der Waals surface area contributed by atoms with Gasteiger partial charge in [0.05, 0.1) is 30.0 Å². The van der Waals surface area contributed by atoms with Crippen LogP contribution in [0.4, 0.5) is 0 Å². The molecule has 0 amide bonds. The molecular weight excluding hydrogens is 210 g/mol. The van der Waals surface area contributed by atoms with Gasteiger partial charge in [0.25, 0.3) is 0 Å². The lowest BCUT2D eigenvalue weighted by Crippen LogP contribution is -2.21. The van der Waals surface area contributed by atoms with Crippen molar-refractivity contribution in [3.05, 3.63) is 29.3 Å². The fourth-order valence-corrected chi connectivity index (χ4v) is 2.66. The number of nitrogens with zero attached hydrogens (tertiary/aromatic N) is 1. The Morgan fingerprint density at radius 1 is 1.27 bits per heavy atom. The topological polar surface area (TPSA) is 31.4 Å². The first kappa shape index (κ1) is 9.27. The summed E-state index contributed by atoms with van der Waals surface area (Å²) in [6, 6.07) is 8.14. The highest BCUT2D eigenvalue weighted by Crippen LogP contribution is 2.29. The largest absolute Gasteiger partial charge is 0.376 e. The Kier molecular flexibility index (Phi) is 2.40. The van der Waals surface area contributed by atoms with Gasteiger partial charge in [0, 0.05) is 0 Å². The molecule has 0 bridgehead atoms. The maximum Gasteiger partial charge on any atom is 0.132 e. The summed E-state index contributed by atoms with van der Waals surface area (Å²) in [6.07, 6.45) is 0.0242. The summed E-state index contributed by atoms with van der Waals surface area (Å²) in [6.45, 7) is 1.99. The van der Waals surface area contributed by atoms with Crippen LogP contribution in [0, 0.1) is 0 Å². The average molecular weight is 221 g/mol. The molecule has 1 aromatic heterocycles. The Labute approximate surface area is 91.7 Å². The summed E-state index contributed by atoms with van der Waals surface area (Å²) in [5.41, 5.74) is 1.05. The first-order chi connectivity index (χ1) is 7.43. The molecular formula is C11H11NO2S. The molecule has 0 N–H and O–H groups in total. The third-order valence-corrected chi connectivity index (χ3v) is 3.53. The number of hydrogen-bond donors (Lipinski definition) is 0. The predicted molar refractivity (Wildman–Crippen MR) is 59.1 cm³/mol. The van der Waals surface area contributed by atoms with Crippen molar-refractivity contribution in [1.82, 2.24) is 4.98 Å². The van der Waals surface area contributed by atoms with Crippen LogP contribution < -0.4 is 0 Å². The van der Waals surface area contributed by atoms with Crippen molar-refractivity contribution in [3.8, 4) is 0 Å². The van der Waals surface area contributed by atoms with Crippen LogP contribution in [0.3, 0.4) is 0 Å². The molecule has 0 aliphatic carbocycles. The van der Waals surface area contributed by atoms with E-state index in [-0.39, 0.29) is 6.10 Å². The molecule has 1 aromatic carbocycles. The summed E-state index contributed by atoms with van der Waals surface area (Å²) in [4.78, 5) is 4.55. The molecule has 1 fully saturated rings. The van der Waals surface area contributed by atoms with Crippen molar-refractivity contribution < 1.29 is 9.47 Å². The van der Waals surface area contributed by atoms with Gasteiger partial charge in [0.1, 0.15) is 11.1 Å². The number of ether oxygens (including phenoxy) is 2. The molecule has 3 nitrogen and oxygen atoms in total. The minimum Gasteiger partial charge on any atom is -0.376 e. The first-order valence-corrected chi connectivity index (χ1v) is 5.80. The van der Waals surface area contributed by atoms with E-state index >= 15 is 0 Å². The molecule has 0 spiro atoms. The molecule has 3 rings (SSSR count). The van der Waals surface area contributed by atoms with Crippen molar-refractivity contribution in [3.63, 3.8) is 0 Å². The number of benzene rings is 1. The van der Waals surface area contributed by atoms with Gasteiger partial charge >= 0.3 is 0 Å². The lowest BCUT2D eigenvalue weighted by Gasteiger charge is -2.20. The van der Waals surface area contributed by atoms with Gasteiger partial charge in [-0.1, -0.05) is 12.1 Å². The van der Waals surface area contributed by atoms with Crippen LogP contribution in [0.1, 0.15) is 11.1 Å². The van der Waals surface area contributed by atoms with E-state index in [9.17, 15) is 0 Å². The van der Waals surface area contributed by atoms with Crippen LogP contribution >= 0.6 is 11.3 Å². The van der Waals surface area contributed by atoms with E-state index in [2.05, 4.69) is 11.1 Å². The summed E-state index contributed by atoms with van der Waals surface area (Å²) in [7, 11) is 0. The minimum absolute atomic E-state index is 0.0242. The van der Waals surface area contributed by atoms with Crippen LogP contribution in [-0.2, 0) is 9.47 Å². The second-order valence-electron chi connectivity index (χ2n) is 3.45. The molecule has 2 aromatic rings. The normalized spacial score (nSPS) is 22.0. The second-order valence-corrected chi connectivity index (χ2v) is 4.52. The SMILES string of the molecule is c1ccc2sc(C3COCCO3)nc2c1. The van der Waals surface area contributed by atoms with Crippen molar-refractivity contribution in [1.29, 1.82) is 0 Å². The van der Waals surface area contributed by atoms with Crippen LogP contribution in [-0.4, -0.2) is 24.8 Å². The number of aromatic nitrogens is 1. The van der Waals surface area contributed by atoms with Crippen molar-refractivity contribution in [2.75, 3.05) is 19.8 Å². The zero-order valence-electron chi connectivity index (χ0n) is 8.18. The Balaban J connectivity index is 1.96. The highest BCUT2D eigenvalue weighted by atomic mass is 32.1. The van der Waals surface area contributed by atoms with E-state index in [0.717, 1.165) is 10.5 Å². The molecule has 1 aliphatic rings. The quantitative estimate of drug-likeness (QED) is 0.741. The van der Waals surface area contributed by atoms with Crippen molar-refractivity contribution in [2.24, 2.45) is 0 Å². The van der Waals surface area contributed by atoms with Gasteiger partial charge in [0.15, 0.2) is 0 Å². The van der Waals surface area contributed by atoms with Gasteiger partial charge in [-0.15, -0.1) is 11.3 Å². The first-order valence-electron chi connectivity index (χ1n) is 4.98. The van der Waals surface area contributed by atoms with E-state index in [4.69, 9.17) is 9.47 Å². The number of thiazole rings is 1.